The van der Waals surface area contributed by atoms with E-state index in [-0.39, 0.29) is 17.6 Å². The Hall–Kier alpha value is -2.04. The molecule has 1 aromatic rings. The Morgan fingerprint density at radius 2 is 2.32 bits per heavy atom. The van der Waals surface area contributed by atoms with Crippen molar-refractivity contribution in [3.05, 3.63) is 23.8 Å². The van der Waals surface area contributed by atoms with Crippen molar-refractivity contribution < 1.29 is 14.6 Å². The van der Waals surface area contributed by atoms with Gasteiger partial charge in [0.05, 0.1) is 13.3 Å². The number of nitrogens with one attached hydrogen (secondary N) is 1. The van der Waals surface area contributed by atoms with Gasteiger partial charge in [-0.25, -0.2) is 5.43 Å². The lowest BCUT2D eigenvalue weighted by atomic mass is 10.1. The second-order valence-electron chi connectivity index (χ2n) is 5.76. The summed E-state index contributed by atoms with van der Waals surface area (Å²) in [4.78, 5) is 11.9. The van der Waals surface area contributed by atoms with Crippen LogP contribution in [0.2, 0.25) is 0 Å². The fourth-order valence-corrected chi connectivity index (χ4v) is 2.56. The van der Waals surface area contributed by atoms with Crippen molar-refractivity contribution >= 4 is 12.1 Å². The van der Waals surface area contributed by atoms with Crippen LogP contribution in [0, 0.1) is 11.8 Å². The van der Waals surface area contributed by atoms with Crippen LogP contribution in [0.4, 0.5) is 0 Å². The van der Waals surface area contributed by atoms with E-state index in [1.807, 2.05) is 0 Å². The number of ether oxygens (including phenoxy) is 1. The molecule has 0 spiro atoms. The van der Waals surface area contributed by atoms with Crippen molar-refractivity contribution in [1.82, 2.24) is 5.43 Å². The third-order valence-electron chi connectivity index (χ3n) is 4.05. The van der Waals surface area contributed by atoms with Gasteiger partial charge in [-0.2, -0.15) is 5.10 Å². The van der Waals surface area contributed by atoms with Crippen LogP contribution >= 0.6 is 0 Å². The Morgan fingerprint density at radius 1 is 1.50 bits per heavy atom. The van der Waals surface area contributed by atoms with Crippen molar-refractivity contribution in [2.75, 3.05) is 7.11 Å². The Balaban J connectivity index is 1.79. The third-order valence-corrected chi connectivity index (χ3v) is 4.05. The number of carbonyl (C=O) groups is 1. The van der Waals surface area contributed by atoms with Crippen LogP contribution in [0.15, 0.2) is 23.3 Å². The number of amides is 1. The van der Waals surface area contributed by atoms with Gasteiger partial charge in [0.25, 0.3) is 0 Å². The van der Waals surface area contributed by atoms with Gasteiger partial charge in [-0.3, -0.25) is 4.79 Å². The van der Waals surface area contributed by atoms with Crippen LogP contribution in [0.25, 0.3) is 0 Å². The average molecular weight is 304 g/mol. The Labute approximate surface area is 131 Å². The molecule has 1 saturated carbocycles. The van der Waals surface area contributed by atoms with Crippen LogP contribution in [-0.4, -0.2) is 24.3 Å². The summed E-state index contributed by atoms with van der Waals surface area (Å²) in [7, 11) is 1.56. The van der Waals surface area contributed by atoms with Gasteiger partial charge in [0.2, 0.25) is 5.91 Å². The molecule has 1 aliphatic rings. The van der Waals surface area contributed by atoms with Gasteiger partial charge in [0.15, 0.2) is 0 Å². The zero-order valence-corrected chi connectivity index (χ0v) is 13.2. The number of hydrogen-bond donors (Lipinski definition) is 2. The lowest BCUT2D eigenvalue weighted by molar-refractivity contribution is -0.122. The number of unbranched alkanes of at least 4 members (excludes halogenated alkanes) is 2. The van der Waals surface area contributed by atoms with Crippen molar-refractivity contribution in [2.24, 2.45) is 16.9 Å². The second-order valence-corrected chi connectivity index (χ2v) is 5.76. The largest absolute Gasteiger partial charge is 0.507 e. The molecule has 0 aliphatic heterocycles. The van der Waals surface area contributed by atoms with Crippen molar-refractivity contribution in [2.45, 2.75) is 39.0 Å². The van der Waals surface area contributed by atoms with E-state index >= 15 is 0 Å². The molecule has 0 aromatic heterocycles. The molecule has 120 valence electrons. The monoisotopic (exact) mass is 304 g/mol. The predicted molar refractivity (Wildman–Crippen MR) is 86.1 cm³/mol. The Bertz CT molecular complexity index is 543. The molecule has 5 nitrogen and oxygen atoms in total. The molecule has 0 heterocycles. The quantitative estimate of drug-likeness (QED) is 0.440. The minimum absolute atomic E-state index is 0.0277. The molecule has 0 saturated heterocycles. The van der Waals surface area contributed by atoms with E-state index in [0.29, 0.717) is 17.2 Å². The van der Waals surface area contributed by atoms with Crippen LogP contribution in [-0.2, 0) is 4.79 Å². The van der Waals surface area contributed by atoms with Gasteiger partial charge in [-0.05, 0) is 37.0 Å². The maximum Gasteiger partial charge on any atom is 0.243 e. The Kier molecular flexibility index (Phi) is 5.81. The summed E-state index contributed by atoms with van der Waals surface area (Å²) < 4.78 is 5.09. The molecular formula is C17H24N2O3. The smallest absolute Gasteiger partial charge is 0.243 e. The summed E-state index contributed by atoms with van der Waals surface area (Å²) >= 11 is 0. The highest BCUT2D eigenvalue weighted by atomic mass is 16.5. The van der Waals surface area contributed by atoms with Crippen LogP contribution in [0.1, 0.15) is 44.6 Å². The molecule has 2 N–H and O–H groups in total. The maximum atomic E-state index is 11.9. The van der Waals surface area contributed by atoms with Gasteiger partial charge < -0.3 is 9.84 Å². The summed E-state index contributed by atoms with van der Waals surface area (Å²) in [6, 6.07) is 4.86. The topological polar surface area (TPSA) is 70.9 Å². The van der Waals surface area contributed by atoms with Crippen molar-refractivity contribution in [3.8, 4) is 11.5 Å². The van der Waals surface area contributed by atoms with Crippen LogP contribution in [0.3, 0.4) is 0 Å². The molecule has 0 bridgehead atoms. The van der Waals surface area contributed by atoms with E-state index in [1.165, 1.54) is 31.5 Å². The zero-order valence-electron chi connectivity index (χ0n) is 13.2. The fourth-order valence-electron chi connectivity index (χ4n) is 2.56. The third kappa shape index (κ3) is 4.48. The number of carbonyl (C=O) groups excluding carboxylic acids is 1. The maximum absolute atomic E-state index is 11.9. The van der Waals surface area contributed by atoms with Gasteiger partial charge in [0.1, 0.15) is 11.5 Å². The predicted octanol–water partition coefficient (Wildman–Crippen LogP) is 3.07. The average Bonchev–Trinajstić information content (AvgIpc) is 3.29. The first-order valence-corrected chi connectivity index (χ1v) is 7.85. The molecule has 22 heavy (non-hydrogen) atoms. The number of benzene rings is 1. The SMILES string of the molecule is CCCCC[C@H]1C[C@@H]1C(=O)N/N=C/c1cc(OC)ccc1O. The number of aromatic hydroxyl groups is 1. The molecular weight excluding hydrogens is 280 g/mol. The molecule has 2 atom stereocenters. The van der Waals surface area contributed by atoms with Crippen molar-refractivity contribution in [3.63, 3.8) is 0 Å². The molecule has 1 aromatic carbocycles. The molecule has 1 amide bonds. The Morgan fingerprint density at radius 3 is 3.05 bits per heavy atom. The lowest BCUT2D eigenvalue weighted by Crippen LogP contribution is -2.20. The zero-order chi connectivity index (χ0) is 15.9. The summed E-state index contributed by atoms with van der Waals surface area (Å²) in [5.41, 5.74) is 3.07. The van der Waals surface area contributed by atoms with Gasteiger partial charge >= 0.3 is 0 Å². The van der Waals surface area contributed by atoms with E-state index in [0.717, 1.165) is 12.8 Å². The molecule has 5 heteroatoms. The number of nitrogens with zero attached hydrogens (tertiary/aromatic N) is 1. The van der Waals surface area contributed by atoms with Gasteiger partial charge in [0, 0.05) is 11.5 Å². The van der Waals surface area contributed by atoms with E-state index in [4.69, 9.17) is 4.74 Å². The van der Waals surface area contributed by atoms with E-state index in [1.54, 1.807) is 19.2 Å². The molecule has 0 radical (unpaired) electrons. The molecule has 1 aliphatic carbocycles. The van der Waals surface area contributed by atoms with E-state index < -0.39 is 0 Å². The lowest BCUT2D eigenvalue weighted by Gasteiger charge is -2.03. The first-order chi connectivity index (χ1) is 10.7. The van der Waals surface area contributed by atoms with Gasteiger partial charge in [-0.1, -0.05) is 26.2 Å². The van der Waals surface area contributed by atoms with E-state index in [2.05, 4.69) is 17.5 Å². The number of methoxy groups -OCH3 is 1. The summed E-state index contributed by atoms with van der Waals surface area (Å²) in [6.07, 6.45) is 7.17. The number of phenols is 1. The van der Waals surface area contributed by atoms with Gasteiger partial charge in [-0.15, -0.1) is 0 Å². The highest BCUT2D eigenvalue weighted by Crippen LogP contribution is 2.42. The molecule has 1 fully saturated rings. The molecule has 2 rings (SSSR count). The first-order valence-electron chi connectivity index (χ1n) is 7.85. The van der Waals surface area contributed by atoms with Crippen LogP contribution < -0.4 is 10.2 Å². The summed E-state index contributed by atoms with van der Waals surface area (Å²) in [5.74, 6) is 1.33. The minimum Gasteiger partial charge on any atom is -0.507 e. The standard InChI is InChI=1S/C17H24N2O3/c1-3-4-5-6-12-10-15(12)17(21)19-18-11-13-9-14(22-2)7-8-16(13)20/h7-9,11-12,15,20H,3-6,10H2,1-2H3,(H,19,21)/b18-11+/t12-,15-/m0/s1. The second kappa shape index (κ2) is 7.82. The fraction of sp³-hybridized carbons (Fsp3) is 0.529. The number of rotatable bonds is 8. The van der Waals surface area contributed by atoms with E-state index in [9.17, 15) is 9.90 Å². The summed E-state index contributed by atoms with van der Waals surface area (Å²) in [5, 5.41) is 13.7. The molecule has 0 unspecified atom stereocenters. The van der Waals surface area contributed by atoms with Crippen LogP contribution in [0.5, 0.6) is 11.5 Å². The number of hydrazone groups is 1. The minimum atomic E-state index is -0.0277. The highest BCUT2D eigenvalue weighted by molar-refractivity contribution is 5.86. The number of hydrogen-bond acceptors (Lipinski definition) is 4. The normalized spacial score (nSPS) is 20.1. The number of phenolic OH excluding ortho intramolecular Hbond substituents is 1. The first kappa shape index (κ1) is 16.3. The summed E-state index contributed by atoms with van der Waals surface area (Å²) in [6.45, 7) is 2.18. The van der Waals surface area contributed by atoms with Crippen molar-refractivity contribution in [1.29, 1.82) is 0 Å². The highest BCUT2D eigenvalue weighted by Gasteiger charge is 2.42.